The third-order valence-corrected chi connectivity index (χ3v) is 3.78. The Bertz CT molecular complexity index is 477. The topological polar surface area (TPSA) is 111 Å². The second kappa shape index (κ2) is 5.83. The summed E-state index contributed by atoms with van der Waals surface area (Å²) >= 11 is 0. The average Bonchev–Trinajstić information content (AvgIpc) is 2.65. The van der Waals surface area contributed by atoms with Crippen molar-refractivity contribution in [2.45, 2.75) is 18.6 Å². The van der Waals surface area contributed by atoms with Gasteiger partial charge < -0.3 is 15.3 Å². The molecule has 1 aromatic heterocycles. The predicted octanol–water partition coefficient (Wildman–Crippen LogP) is 0.632. The Morgan fingerprint density at radius 3 is 2.59 bits per heavy atom. The summed E-state index contributed by atoms with van der Waals surface area (Å²) in [6.45, 7) is 0.458. The molecule has 0 saturated carbocycles. The minimum absolute atomic E-state index is 0.0350. The number of carboxylic acids is 1. The Hall–Kier alpha value is -1.34. The molecule has 0 aliphatic rings. The smallest absolute Gasteiger partial charge is 0.371 e. The van der Waals surface area contributed by atoms with Crippen LogP contribution in [-0.4, -0.2) is 31.8 Å². The van der Waals surface area contributed by atoms with Crippen LogP contribution in [0.2, 0.25) is 0 Å². The predicted molar refractivity (Wildman–Crippen MR) is 61.4 cm³/mol. The van der Waals surface area contributed by atoms with E-state index in [2.05, 4.69) is 0 Å². The Morgan fingerprint density at radius 2 is 2.06 bits per heavy atom. The molecule has 0 atom stereocenters. The molecule has 96 valence electrons. The Balaban J connectivity index is 2.60. The van der Waals surface area contributed by atoms with E-state index in [9.17, 15) is 13.2 Å². The standard InChI is InChI=1S/C10H15NO5S/c11-5-1-2-6-17(14,15)7-8-3-4-9(16-8)10(12)13/h3-4H,1-2,5-7,11H2,(H,12,13). The number of furan rings is 1. The minimum atomic E-state index is -3.26. The Kier molecular flexibility index (Phi) is 4.71. The van der Waals surface area contributed by atoms with Crippen molar-refractivity contribution in [2.75, 3.05) is 12.3 Å². The van der Waals surface area contributed by atoms with Crippen molar-refractivity contribution in [3.63, 3.8) is 0 Å². The van der Waals surface area contributed by atoms with Crippen molar-refractivity contribution in [3.8, 4) is 0 Å². The first kappa shape index (κ1) is 13.7. The largest absolute Gasteiger partial charge is 0.475 e. The van der Waals surface area contributed by atoms with Crippen LogP contribution in [0.1, 0.15) is 29.2 Å². The molecule has 0 radical (unpaired) electrons. The third-order valence-electron chi connectivity index (χ3n) is 2.14. The maximum atomic E-state index is 11.6. The SMILES string of the molecule is NCCCCS(=O)(=O)Cc1ccc(C(=O)O)o1. The van der Waals surface area contributed by atoms with Crippen LogP contribution in [0.15, 0.2) is 16.5 Å². The highest BCUT2D eigenvalue weighted by Crippen LogP contribution is 2.12. The number of carboxylic acid groups (broad SMARTS) is 1. The van der Waals surface area contributed by atoms with Gasteiger partial charge in [0.25, 0.3) is 0 Å². The summed E-state index contributed by atoms with van der Waals surface area (Å²) < 4.78 is 28.1. The summed E-state index contributed by atoms with van der Waals surface area (Å²) in [4.78, 5) is 10.5. The molecule has 0 unspecified atom stereocenters. The lowest BCUT2D eigenvalue weighted by atomic mass is 10.3. The highest BCUT2D eigenvalue weighted by Gasteiger charge is 2.16. The first-order chi connectivity index (χ1) is 7.94. The van der Waals surface area contributed by atoms with Crippen LogP contribution in [0.4, 0.5) is 0 Å². The lowest BCUT2D eigenvalue weighted by Crippen LogP contribution is -2.10. The summed E-state index contributed by atoms with van der Waals surface area (Å²) in [5.74, 6) is -1.55. The zero-order chi connectivity index (χ0) is 12.9. The van der Waals surface area contributed by atoms with Gasteiger partial charge in [0.2, 0.25) is 5.76 Å². The van der Waals surface area contributed by atoms with E-state index in [4.69, 9.17) is 15.3 Å². The van der Waals surface area contributed by atoms with E-state index in [1.807, 2.05) is 0 Å². The van der Waals surface area contributed by atoms with Crippen LogP contribution >= 0.6 is 0 Å². The molecule has 0 aliphatic carbocycles. The molecule has 3 N–H and O–H groups in total. The molecule has 1 rings (SSSR count). The van der Waals surface area contributed by atoms with Crippen molar-refractivity contribution in [1.82, 2.24) is 0 Å². The number of hydrogen-bond donors (Lipinski definition) is 2. The lowest BCUT2D eigenvalue weighted by molar-refractivity contribution is 0.0660. The molecule has 0 spiro atoms. The maximum absolute atomic E-state index is 11.6. The third kappa shape index (κ3) is 4.58. The molecule has 6 nitrogen and oxygen atoms in total. The number of unbranched alkanes of at least 4 members (excludes halogenated alkanes) is 1. The molecule has 0 aliphatic heterocycles. The van der Waals surface area contributed by atoms with Gasteiger partial charge in [0.1, 0.15) is 11.5 Å². The Labute approximate surface area is 99.3 Å². The van der Waals surface area contributed by atoms with E-state index in [1.165, 1.54) is 12.1 Å². The summed E-state index contributed by atoms with van der Waals surface area (Å²) in [7, 11) is -3.26. The fraction of sp³-hybridized carbons (Fsp3) is 0.500. The number of aromatic carboxylic acids is 1. The number of nitrogens with two attached hydrogens (primary N) is 1. The highest BCUT2D eigenvalue weighted by molar-refractivity contribution is 7.90. The molecule has 1 heterocycles. The number of carbonyl (C=O) groups is 1. The first-order valence-electron chi connectivity index (χ1n) is 5.17. The number of hydrogen-bond acceptors (Lipinski definition) is 5. The zero-order valence-corrected chi connectivity index (χ0v) is 10.1. The fourth-order valence-electron chi connectivity index (χ4n) is 1.33. The number of rotatable bonds is 7. The molecule has 17 heavy (non-hydrogen) atoms. The van der Waals surface area contributed by atoms with Gasteiger partial charge in [0.05, 0.1) is 5.75 Å². The van der Waals surface area contributed by atoms with Crippen LogP contribution in [0.5, 0.6) is 0 Å². The lowest BCUT2D eigenvalue weighted by Gasteiger charge is -2.01. The first-order valence-corrected chi connectivity index (χ1v) is 6.99. The van der Waals surface area contributed by atoms with E-state index in [1.54, 1.807) is 0 Å². The molecule has 7 heteroatoms. The molecule has 0 saturated heterocycles. The highest BCUT2D eigenvalue weighted by atomic mass is 32.2. The van der Waals surface area contributed by atoms with Crippen molar-refractivity contribution < 1.29 is 22.7 Å². The van der Waals surface area contributed by atoms with Gasteiger partial charge in [-0.05, 0) is 31.5 Å². The Morgan fingerprint density at radius 1 is 1.35 bits per heavy atom. The van der Waals surface area contributed by atoms with Crippen molar-refractivity contribution >= 4 is 15.8 Å². The van der Waals surface area contributed by atoms with E-state index in [0.29, 0.717) is 19.4 Å². The van der Waals surface area contributed by atoms with Gasteiger partial charge in [-0.3, -0.25) is 0 Å². The van der Waals surface area contributed by atoms with Crippen molar-refractivity contribution in [2.24, 2.45) is 5.73 Å². The van der Waals surface area contributed by atoms with Gasteiger partial charge in [-0.25, -0.2) is 13.2 Å². The molecule has 1 aromatic rings. The number of sulfone groups is 1. The van der Waals surface area contributed by atoms with E-state index in [-0.39, 0.29) is 23.0 Å². The molecule has 0 fully saturated rings. The van der Waals surface area contributed by atoms with Gasteiger partial charge in [-0.1, -0.05) is 0 Å². The average molecular weight is 261 g/mol. The van der Waals surface area contributed by atoms with Gasteiger partial charge >= 0.3 is 5.97 Å². The molecule has 0 aromatic carbocycles. The van der Waals surface area contributed by atoms with Gasteiger partial charge in [-0.2, -0.15) is 0 Å². The van der Waals surface area contributed by atoms with Crippen LogP contribution in [-0.2, 0) is 15.6 Å². The van der Waals surface area contributed by atoms with Gasteiger partial charge in [0.15, 0.2) is 9.84 Å². The molecular weight excluding hydrogens is 246 g/mol. The van der Waals surface area contributed by atoms with E-state index < -0.39 is 15.8 Å². The van der Waals surface area contributed by atoms with Crippen LogP contribution in [0, 0.1) is 0 Å². The van der Waals surface area contributed by atoms with Crippen molar-refractivity contribution in [3.05, 3.63) is 23.7 Å². The normalized spacial score (nSPS) is 11.6. The van der Waals surface area contributed by atoms with Gasteiger partial charge in [-0.15, -0.1) is 0 Å². The zero-order valence-electron chi connectivity index (χ0n) is 9.26. The second-order valence-corrected chi connectivity index (χ2v) is 5.84. The maximum Gasteiger partial charge on any atom is 0.371 e. The molecule has 0 amide bonds. The van der Waals surface area contributed by atoms with Crippen LogP contribution < -0.4 is 5.73 Å². The fourth-order valence-corrected chi connectivity index (χ4v) is 2.70. The summed E-state index contributed by atoms with van der Waals surface area (Å²) in [5.41, 5.74) is 5.27. The summed E-state index contributed by atoms with van der Waals surface area (Å²) in [5, 5.41) is 8.61. The molecular formula is C10H15NO5S. The quantitative estimate of drug-likeness (QED) is 0.696. The minimum Gasteiger partial charge on any atom is -0.475 e. The van der Waals surface area contributed by atoms with E-state index >= 15 is 0 Å². The van der Waals surface area contributed by atoms with Gasteiger partial charge in [0, 0.05) is 0 Å². The van der Waals surface area contributed by atoms with Crippen LogP contribution in [0.25, 0.3) is 0 Å². The van der Waals surface area contributed by atoms with Crippen molar-refractivity contribution in [1.29, 1.82) is 0 Å². The summed E-state index contributed by atoms with van der Waals surface area (Å²) in [6, 6.07) is 2.61. The van der Waals surface area contributed by atoms with Crippen LogP contribution in [0.3, 0.4) is 0 Å². The summed E-state index contributed by atoms with van der Waals surface area (Å²) in [6.07, 6.45) is 1.16. The second-order valence-electron chi connectivity index (χ2n) is 3.66. The van der Waals surface area contributed by atoms with E-state index in [0.717, 1.165) is 0 Å². The monoisotopic (exact) mass is 261 g/mol. The molecule has 0 bridgehead atoms.